The molecule has 2 amide bonds. The lowest BCUT2D eigenvalue weighted by molar-refractivity contribution is -0.140. The number of hydrogen-bond acceptors (Lipinski definition) is 6. The molecule has 1 aliphatic carbocycles. The Hall–Kier alpha value is -4.83. The Morgan fingerprint density at radius 2 is 1.50 bits per heavy atom. The van der Waals surface area contributed by atoms with Gasteiger partial charge in [0, 0.05) is 19.0 Å². The summed E-state index contributed by atoms with van der Waals surface area (Å²) in [5, 5.41) is 3.20. The molecule has 4 aromatic rings. The van der Waals surface area contributed by atoms with Gasteiger partial charge in [0.05, 0.1) is 24.3 Å². The van der Waals surface area contributed by atoms with Crippen LogP contribution in [0.3, 0.4) is 0 Å². The number of nitrogens with zero attached hydrogens (tertiary/aromatic N) is 2. The van der Waals surface area contributed by atoms with Crippen LogP contribution in [0.15, 0.2) is 114 Å². The molecule has 1 saturated carbocycles. The Bertz CT molecular complexity index is 1760. The predicted molar refractivity (Wildman–Crippen MR) is 186 cm³/mol. The third kappa shape index (κ3) is 8.55. The van der Waals surface area contributed by atoms with E-state index < -0.39 is 28.5 Å². The summed E-state index contributed by atoms with van der Waals surface area (Å²) in [6.45, 7) is 1.60. The van der Waals surface area contributed by atoms with E-state index in [1.165, 1.54) is 17.0 Å². The number of carbonyl (C=O) groups excluding carboxylic acids is 2. The van der Waals surface area contributed by atoms with Crippen molar-refractivity contribution in [1.29, 1.82) is 0 Å². The highest BCUT2D eigenvalue weighted by Gasteiger charge is 2.36. The van der Waals surface area contributed by atoms with Crippen LogP contribution in [0.25, 0.3) is 0 Å². The van der Waals surface area contributed by atoms with Gasteiger partial charge in [-0.05, 0) is 67.3 Å². The molecule has 0 saturated heterocycles. The van der Waals surface area contributed by atoms with Crippen molar-refractivity contribution in [1.82, 2.24) is 10.2 Å². The normalized spacial score (nSPS) is 13.8. The molecule has 0 unspecified atom stereocenters. The van der Waals surface area contributed by atoms with Gasteiger partial charge in [0.25, 0.3) is 10.0 Å². The molecule has 5 rings (SSSR count). The number of carbonyl (C=O) groups is 2. The van der Waals surface area contributed by atoms with Crippen LogP contribution in [0.4, 0.5) is 5.69 Å². The van der Waals surface area contributed by atoms with Crippen molar-refractivity contribution in [3.8, 4) is 11.5 Å². The molecule has 0 heterocycles. The fourth-order valence-electron chi connectivity index (χ4n) is 6.06. The van der Waals surface area contributed by atoms with Gasteiger partial charge >= 0.3 is 0 Å². The van der Waals surface area contributed by atoms with E-state index in [0.717, 1.165) is 41.1 Å². The van der Waals surface area contributed by atoms with E-state index in [9.17, 15) is 18.0 Å². The number of anilines is 1. The van der Waals surface area contributed by atoms with Crippen LogP contribution in [-0.4, -0.2) is 57.5 Å². The molecule has 0 aromatic heterocycles. The fraction of sp³-hybridized carbons (Fsp3) is 0.316. The zero-order valence-electron chi connectivity index (χ0n) is 27.5. The molecule has 0 radical (unpaired) electrons. The van der Waals surface area contributed by atoms with Crippen molar-refractivity contribution in [2.75, 3.05) is 24.6 Å². The van der Waals surface area contributed by atoms with E-state index in [-0.39, 0.29) is 35.5 Å². The van der Waals surface area contributed by atoms with Gasteiger partial charge in [-0.1, -0.05) is 85.6 Å². The van der Waals surface area contributed by atoms with Crippen molar-refractivity contribution in [2.45, 2.75) is 62.6 Å². The van der Waals surface area contributed by atoms with Gasteiger partial charge in [-0.25, -0.2) is 8.42 Å². The van der Waals surface area contributed by atoms with E-state index in [1.54, 1.807) is 49.6 Å². The third-order valence-corrected chi connectivity index (χ3v) is 10.3. The Morgan fingerprint density at radius 3 is 2.19 bits per heavy atom. The van der Waals surface area contributed by atoms with E-state index >= 15 is 0 Å². The van der Waals surface area contributed by atoms with Crippen LogP contribution >= 0.6 is 0 Å². The van der Waals surface area contributed by atoms with Crippen molar-refractivity contribution < 1.29 is 27.5 Å². The van der Waals surface area contributed by atoms with Crippen molar-refractivity contribution >= 4 is 27.5 Å². The molecule has 0 spiro atoms. The quantitative estimate of drug-likeness (QED) is 0.167. The van der Waals surface area contributed by atoms with Crippen LogP contribution in [0.1, 0.15) is 43.7 Å². The van der Waals surface area contributed by atoms with Gasteiger partial charge in [-0.2, -0.15) is 0 Å². The summed E-state index contributed by atoms with van der Waals surface area (Å²) in [7, 11) is -2.68. The first-order chi connectivity index (χ1) is 23.3. The number of amides is 2. The molecule has 4 aromatic carbocycles. The lowest BCUT2D eigenvalue weighted by atomic mass is 10.0. The lowest BCUT2D eigenvalue weighted by Gasteiger charge is -2.34. The number of benzene rings is 4. The second-order valence-corrected chi connectivity index (χ2v) is 13.7. The average molecular weight is 670 g/mol. The maximum Gasteiger partial charge on any atom is 0.264 e. The molecule has 1 fully saturated rings. The summed E-state index contributed by atoms with van der Waals surface area (Å²) in [5.74, 6) is 0.126. The summed E-state index contributed by atoms with van der Waals surface area (Å²) in [6, 6.07) is 30.7. The molecule has 10 heteroatoms. The Labute approximate surface area is 283 Å². The van der Waals surface area contributed by atoms with Crippen molar-refractivity contribution in [3.05, 3.63) is 120 Å². The largest absolute Gasteiger partial charge is 0.497 e. The molecule has 1 atom stereocenters. The first kappa shape index (κ1) is 34.5. The standard InChI is InChI=1S/C38H43N3O6S/c1-3-47-36-24-13-12-23-34(36)41(48(44,45)33-21-8-5-9-22-33)28-37(42)40(27-30-17-14-20-32(25-30)46-2)35(26-29-15-6-4-7-16-29)38(43)39-31-18-10-11-19-31/h4-9,12-17,20-25,31,35H,3,10-11,18-19,26-28H2,1-2H3,(H,39,43)/t35-/m0/s1. The molecule has 1 aliphatic rings. The molecule has 48 heavy (non-hydrogen) atoms. The van der Waals surface area contributed by atoms with Crippen LogP contribution in [0.5, 0.6) is 11.5 Å². The minimum atomic E-state index is -4.25. The molecule has 9 nitrogen and oxygen atoms in total. The predicted octanol–water partition coefficient (Wildman–Crippen LogP) is 5.99. The van der Waals surface area contributed by atoms with Gasteiger partial charge in [-0.15, -0.1) is 0 Å². The van der Waals surface area contributed by atoms with Crippen molar-refractivity contribution in [2.24, 2.45) is 0 Å². The molecule has 1 N–H and O–H groups in total. The van der Waals surface area contributed by atoms with Gasteiger partial charge < -0.3 is 19.7 Å². The first-order valence-electron chi connectivity index (χ1n) is 16.4. The minimum Gasteiger partial charge on any atom is -0.497 e. The zero-order chi connectivity index (χ0) is 33.9. The van der Waals surface area contributed by atoms with Crippen LogP contribution < -0.4 is 19.1 Å². The Morgan fingerprint density at radius 1 is 0.854 bits per heavy atom. The monoisotopic (exact) mass is 669 g/mol. The lowest BCUT2D eigenvalue weighted by Crippen LogP contribution is -2.54. The highest BCUT2D eigenvalue weighted by Crippen LogP contribution is 2.33. The van der Waals surface area contributed by atoms with Gasteiger partial charge in [0.1, 0.15) is 24.1 Å². The molecular weight excluding hydrogens is 627 g/mol. The SMILES string of the molecule is CCOc1ccccc1N(CC(=O)N(Cc1cccc(OC)c1)[C@@H](Cc1ccccc1)C(=O)NC1CCCC1)S(=O)(=O)c1ccccc1. The van der Waals surface area contributed by atoms with E-state index in [0.29, 0.717) is 18.1 Å². The number of para-hydroxylation sites is 2. The van der Waals surface area contributed by atoms with Crippen LogP contribution in [0.2, 0.25) is 0 Å². The second kappa shape index (κ2) is 16.3. The maximum atomic E-state index is 14.8. The minimum absolute atomic E-state index is 0.0255. The molecule has 0 bridgehead atoms. The molecular formula is C38H43N3O6S. The first-order valence-corrected chi connectivity index (χ1v) is 17.8. The van der Waals surface area contributed by atoms with E-state index in [2.05, 4.69) is 5.32 Å². The van der Waals surface area contributed by atoms with E-state index in [1.807, 2.05) is 61.5 Å². The number of methoxy groups -OCH3 is 1. The van der Waals surface area contributed by atoms with Gasteiger partial charge in [0.15, 0.2) is 0 Å². The number of rotatable bonds is 15. The third-order valence-electron chi connectivity index (χ3n) is 8.50. The number of ether oxygens (including phenoxy) is 2. The van der Waals surface area contributed by atoms with Crippen LogP contribution in [0, 0.1) is 0 Å². The van der Waals surface area contributed by atoms with Gasteiger partial charge in [0.2, 0.25) is 11.8 Å². The van der Waals surface area contributed by atoms with Gasteiger partial charge in [-0.3, -0.25) is 13.9 Å². The Kier molecular flexibility index (Phi) is 11.7. The van der Waals surface area contributed by atoms with Crippen molar-refractivity contribution in [3.63, 3.8) is 0 Å². The maximum absolute atomic E-state index is 14.8. The average Bonchev–Trinajstić information content (AvgIpc) is 3.63. The summed E-state index contributed by atoms with van der Waals surface area (Å²) in [4.78, 5) is 30.5. The molecule has 0 aliphatic heterocycles. The number of sulfonamides is 1. The van der Waals surface area contributed by atoms with Crippen LogP contribution in [-0.2, 0) is 32.6 Å². The molecule has 252 valence electrons. The number of nitrogens with one attached hydrogen (secondary N) is 1. The summed E-state index contributed by atoms with van der Waals surface area (Å²) < 4.78 is 41.0. The fourth-order valence-corrected chi connectivity index (χ4v) is 7.51. The summed E-state index contributed by atoms with van der Waals surface area (Å²) >= 11 is 0. The zero-order valence-corrected chi connectivity index (χ0v) is 28.3. The second-order valence-electron chi connectivity index (χ2n) is 11.8. The highest BCUT2D eigenvalue weighted by molar-refractivity contribution is 7.92. The summed E-state index contributed by atoms with van der Waals surface area (Å²) in [5.41, 5.74) is 1.84. The van der Waals surface area contributed by atoms with E-state index in [4.69, 9.17) is 9.47 Å². The smallest absolute Gasteiger partial charge is 0.264 e. The highest BCUT2D eigenvalue weighted by atomic mass is 32.2. The summed E-state index contributed by atoms with van der Waals surface area (Å²) in [6.07, 6.45) is 4.07. The Balaban J connectivity index is 1.59. The number of hydrogen-bond donors (Lipinski definition) is 1. The topological polar surface area (TPSA) is 105 Å².